The molecule has 13 heteroatoms. The van der Waals surface area contributed by atoms with Crippen LogP contribution >= 0.6 is 0 Å². The van der Waals surface area contributed by atoms with Crippen LogP contribution < -0.4 is 5.73 Å². The molecule has 2 aliphatic carbocycles. The van der Waals surface area contributed by atoms with Crippen LogP contribution in [0.2, 0.25) is 0 Å². The zero-order chi connectivity index (χ0) is 29.0. The summed E-state index contributed by atoms with van der Waals surface area (Å²) in [6.07, 6.45) is -6.17. The number of hydrogen-bond acceptors (Lipinski definition) is 7. The number of aromatic nitrogens is 1. The predicted octanol–water partition coefficient (Wildman–Crippen LogP) is 3.50. The van der Waals surface area contributed by atoms with E-state index in [2.05, 4.69) is 4.98 Å². The van der Waals surface area contributed by atoms with E-state index in [9.17, 15) is 41.5 Å². The maximum absolute atomic E-state index is 14.2. The van der Waals surface area contributed by atoms with Crippen molar-refractivity contribution in [3.63, 3.8) is 0 Å². The number of nitriles is 1. The molecular weight excluding hydrogens is 539 g/mol. The van der Waals surface area contributed by atoms with E-state index in [1.807, 2.05) is 0 Å². The molecule has 3 N–H and O–H groups in total. The molecule has 9 nitrogen and oxygen atoms in total. The van der Waals surface area contributed by atoms with Gasteiger partial charge in [-0.15, -0.1) is 0 Å². The van der Waals surface area contributed by atoms with Gasteiger partial charge in [0.2, 0.25) is 5.91 Å². The Morgan fingerprint density at radius 2 is 1.90 bits per heavy atom. The molecule has 0 aliphatic heterocycles. The van der Waals surface area contributed by atoms with Crippen molar-refractivity contribution in [3.8, 4) is 17.2 Å². The van der Waals surface area contributed by atoms with Crippen LogP contribution in [0.1, 0.15) is 37.4 Å². The molecule has 2 aromatic rings. The van der Waals surface area contributed by atoms with Crippen molar-refractivity contribution in [2.75, 3.05) is 6.61 Å². The lowest BCUT2D eigenvalue weighted by molar-refractivity contribution is -0.160. The number of primary amides is 1. The molecule has 5 atom stereocenters. The number of carbonyl (C=O) groups excluding carboxylic acids is 1. The van der Waals surface area contributed by atoms with Gasteiger partial charge in [0, 0.05) is 24.4 Å². The summed E-state index contributed by atoms with van der Waals surface area (Å²) < 4.78 is 75.8. The number of alkyl halides is 3. The summed E-state index contributed by atoms with van der Waals surface area (Å²) in [7, 11) is -4.76. The van der Waals surface area contributed by atoms with Gasteiger partial charge < -0.3 is 15.6 Å². The molecule has 0 radical (unpaired) electrons. The average Bonchev–Trinajstić information content (AvgIpc) is 3.50. The summed E-state index contributed by atoms with van der Waals surface area (Å²) in [6.45, 7) is 3.19. The van der Waals surface area contributed by atoms with Crippen molar-refractivity contribution in [2.45, 2.75) is 55.5 Å². The van der Waals surface area contributed by atoms with Crippen LogP contribution in [-0.4, -0.2) is 48.3 Å². The largest absolute Gasteiger partial charge is 0.481 e. The number of rotatable bonds is 8. The van der Waals surface area contributed by atoms with Gasteiger partial charge in [0.05, 0.1) is 27.9 Å². The lowest BCUT2D eigenvalue weighted by atomic mass is 9.75. The minimum Gasteiger partial charge on any atom is -0.481 e. The van der Waals surface area contributed by atoms with E-state index in [1.165, 1.54) is 18.3 Å². The molecule has 1 aromatic heterocycles. The first kappa shape index (κ1) is 28.5. The fourth-order valence-electron chi connectivity index (χ4n) is 5.86. The Morgan fingerprint density at radius 3 is 2.41 bits per heavy atom. The second-order valence-electron chi connectivity index (χ2n) is 10.00. The van der Waals surface area contributed by atoms with Gasteiger partial charge in [-0.3, -0.25) is 14.6 Å². The van der Waals surface area contributed by atoms with E-state index in [0.717, 1.165) is 12.1 Å². The quantitative estimate of drug-likeness (QED) is 0.492. The zero-order valence-electron chi connectivity index (χ0n) is 21.0. The Balaban J connectivity index is 1.81. The Morgan fingerprint density at radius 1 is 1.23 bits per heavy atom. The first-order valence-electron chi connectivity index (χ1n) is 12.1. The molecule has 4 rings (SSSR count). The third-order valence-corrected chi connectivity index (χ3v) is 10.1. The van der Waals surface area contributed by atoms with Crippen LogP contribution in [0.25, 0.3) is 11.1 Å². The van der Waals surface area contributed by atoms with Crippen LogP contribution in [0.5, 0.6) is 0 Å². The average molecular weight is 566 g/mol. The Bertz CT molecular complexity index is 1490. The lowest BCUT2D eigenvalue weighted by Crippen LogP contribution is -2.45. The van der Waals surface area contributed by atoms with Gasteiger partial charge in [-0.2, -0.15) is 18.4 Å². The van der Waals surface area contributed by atoms with E-state index < -0.39 is 79.3 Å². The van der Waals surface area contributed by atoms with E-state index in [0.29, 0.717) is 11.3 Å². The fraction of sp³-hybridized carbons (Fsp3) is 0.462. The summed E-state index contributed by atoms with van der Waals surface area (Å²) in [4.78, 5) is 27.7. The number of benzene rings is 1. The standard InChI is InChI=1S/C26H26F3N3O6S/c1-3-38-21-10-17(11-25(21,23(34)35)20-12-24(20,13-30)22(31)33)39(36,37)19-5-4-15(9-18(19)26(27,28)29)16-6-7-32-14(2)8-16/h4-9,17,20-21H,3,10-12H2,1-2H3,(H2,31,33)(H,34,35)/t17-,20?,21+,24?,25+/m0/s1. The van der Waals surface area contributed by atoms with Crippen molar-refractivity contribution in [1.82, 2.24) is 4.98 Å². The van der Waals surface area contributed by atoms with Crippen LogP contribution in [0, 0.1) is 35.0 Å². The molecule has 2 unspecified atom stereocenters. The van der Waals surface area contributed by atoms with Crippen molar-refractivity contribution >= 4 is 21.7 Å². The first-order valence-corrected chi connectivity index (χ1v) is 13.6. The second-order valence-corrected chi connectivity index (χ2v) is 12.2. The summed E-state index contributed by atoms with van der Waals surface area (Å²) in [5.41, 5.74) is 1.26. The molecule has 2 saturated carbocycles. The number of halogens is 3. The van der Waals surface area contributed by atoms with Gasteiger partial charge in [-0.25, -0.2) is 8.42 Å². The summed E-state index contributed by atoms with van der Waals surface area (Å²) in [6, 6.07) is 7.70. The van der Waals surface area contributed by atoms with Gasteiger partial charge in [0.1, 0.15) is 10.8 Å². The molecular formula is C26H26F3N3O6S. The number of nitrogens with two attached hydrogens (primary N) is 1. The SMILES string of the molecule is CCO[C@@H]1C[C@H](S(=O)(=O)c2ccc(-c3ccnc(C)c3)cc2C(F)(F)F)C[C@@]1(C(=O)O)C1CC1(C#N)C(N)=O. The van der Waals surface area contributed by atoms with Crippen molar-refractivity contribution in [1.29, 1.82) is 5.26 Å². The van der Waals surface area contributed by atoms with Gasteiger partial charge in [0.25, 0.3) is 0 Å². The van der Waals surface area contributed by atoms with E-state index >= 15 is 0 Å². The van der Waals surface area contributed by atoms with Gasteiger partial charge in [-0.1, -0.05) is 6.07 Å². The Labute approximate surface area is 222 Å². The number of carboxylic acids is 1. The number of carboxylic acid groups (broad SMARTS) is 1. The minimum atomic E-state index is -5.04. The predicted molar refractivity (Wildman–Crippen MR) is 130 cm³/mol. The van der Waals surface area contributed by atoms with Gasteiger partial charge >= 0.3 is 12.1 Å². The topological polar surface area (TPSA) is 160 Å². The summed E-state index contributed by atoms with van der Waals surface area (Å²) in [5, 5.41) is 18.3. The van der Waals surface area contributed by atoms with E-state index in [1.54, 1.807) is 26.0 Å². The fourth-order valence-corrected chi connectivity index (χ4v) is 7.88. The van der Waals surface area contributed by atoms with Gasteiger partial charge in [0.15, 0.2) is 9.84 Å². The zero-order valence-corrected chi connectivity index (χ0v) is 21.8. The summed E-state index contributed by atoms with van der Waals surface area (Å²) in [5.74, 6) is -3.69. The third kappa shape index (κ3) is 4.55. The smallest absolute Gasteiger partial charge is 0.417 e. The number of ether oxygens (including phenoxy) is 1. The minimum absolute atomic E-state index is 0.0246. The molecule has 39 heavy (non-hydrogen) atoms. The molecule has 0 spiro atoms. The Kier molecular flexibility index (Phi) is 7.02. The number of nitrogens with zero attached hydrogens (tertiary/aromatic N) is 2. The van der Waals surface area contributed by atoms with E-state index in [-0.39, 0.29) is 18.6 Å². The summed E-state index contributed by atoms with van der Waals surface area (Å²) >= 11 is 0. The number of hydrogen-bond donors (Lipinski definition) is 2. The highest BCUT2D eigenvalue weighted by atomic mass is 32.2. The van der Waals surface area contributed by atoms with Crippen molar-refractivity contribution < 1.29 is 41.0 Å². The maximum atomic E-state index is 14.2. The first-order chi connectivity index (χ1) is 18.1. The van der Waals surface area contributed by atoms with E-state index in [4.69, 9.17) is 10.5 Å². The molecule has 2 aliphatic rings. The second kappa shape index (κ2) is 9.60. The Hall–Kier alpha value is -3.50. The molecule has 1 heterocycles. The van der Waals surface area contributed by atoms with Crippen LogP contribution in [0.15, 0.2) is 41.4 Å². The number of carbonyl (C=O) groups is 2. The highest BCUT2D eigenvalue weighted by Gasteiger charge is 2.75. The highest BCUT2D eigenvalue weighted by Crippen LogP contribution is 2.66. The number of amides is 1. The number of aryl methyl sites for hydroxylation is 1. The molecule has 208 valence electrons. The lowest BCUT2D eigenvalue weighted by Gasteiger charge is -2.32. The van der Waals surface area contributed by atoms with Crippen LogP contribution in [0.4, 0.5) is 13.2 Å². The number of sulfone groups is 1. The third-order valence-electron chi connectivity index (χ3n) is 7.87. The molecule has 1 aromatic carbocycles. The normalized spacial score (nSPS) is 28.6. The molecule has 0 saturated heterocycles. The van der Waals surface area contributed by atoms with Crippen LogP contribution in [0.3, 0.4) is 0 Å². The maximum Gasteiger partial charge on any atom is 0.417 e. The molecule has 2 fully saturated rings. The number of aliphatic carboxylic acids is 1. The van der Waals surface area contributed by atoms with Crippen molar-refractivity contribution in [3.05, 3.63) is 47.8 Å². The van der Waals surface area contributed by atoms with Gasteiger partial charge in [-0.05, 0) is 68.5 Å². The highest BCUT2D eigenvalue weighted by molar-refractivity contribution is 7.92. The van der Waals surface area contributed by atoms with Crippen molar-refractivity contribution in [2.24, 2.45) is 22.5 Å². The molecule has 1 amide bonds. The monoisotopic (exact) mass is 565 g/mol. The molecule has 0 bridgehead atoms. The number of pyridine rings is 1. The van der Waals surface area contributed by atoms with Crippen LogP contribution in [-0.2, 0) is 30.3 Å².